The maximum absolute atomic E-state index is 12.6. The summed E-state index contributed by atoms with van der Waals surface area (Å²) in [6, 6.07) is -0.00131. The van der Waals surface area contributed by atoms with E-state index in [1.807, 2.05) is 0 Å². The van der Waals surface area contributed by atoms with Gasteiger partial charge in [0, 0.05) is 19.8 Å². The van der Waals surface area contributed by atoms with Gasteiger partial charge in [-0.15, -0.1) is 0 Å². The van der Waals surface area contributed by atoms with E-state index >= 15 is 0 Å². The minimum Gasteiger partial charge on any atom is -0.381 e. The normalized spacial score (nSPS) is 28.9. The highest BCUT2D eigenvalue weighted by Crippen LogP contribution is 2.25. The molecule has 0 aliphatic carbocycles. The Hall–Kier alpha value is -0.610. The maximum Gasteiger partial charge on any atom is 0.241 e. The van der Waals surface area contributed by atoms with Gasteiger partial charge >= 0.3 is 0 Å². The lowest BCUT2D eigenvalue weighted by molar-refractivity contribution is -0.132. The predicted molar refractivity (Wildman–Crippen MR) is 80.3 cm³/mol. The molecule has 20 heavy (non-hydrogen) atoms. The lowest BCUT2D eigenvalue weighted by Gasteiger charge is -2.31. The van der Waals surface area contributed by atoms with Crippen LogP contribution in [0.2, 0.25) is 0 Å². The van der Waals surface area contributed by atoms with Gasteiger partial charge in [-0.25, -0.2) is 0 Å². The fraction of sp³-hybridized carbons (Fsp3) is 0.938. The van der Waals surface area contributed by atoms with E-state index in [9.17, 15) is 4.79 Å². The molecule has 0 saturated carbocycles. The van der Waals surface area contributed by atoms with E-state index in [1.165, 1.54) is 0 Å². The number of ether oxygens (including phenoxy) is 1. The van der Waals surface area contributed by atoms with Gasteiger partial charge < -0.3 is 9.64 Å². The van der Waals surface area contributed by atoms with E-state index in [4.69, 9.17) is 4.74 Å². The number of hydrogen-bond acceptors (Lipinski definition) is 3. The second-order valence-corrected chi connectivity index (χ2v) is 7.08. The molecule has 0 spiro atoms. The van der Waals surface area contributed by atoms with Crippen molar-refractivity contribution in [3.63, 3.8) is 0 Å². The van der Waals surface area contributed by atoms with Crippen LogP contribution in [-0.4, -0.2) is 42.8 Å². The van der Waals surface area contributed by atoms with Crippen LogP contribution in [-0.2, 0) is 9.53 Å². The Morgan fingerprint density at radius 3 is 2.45 bits per heavy atom. The third-order valence-electron chi connectivity index (χ3n) is 4.45. The Balaban J connectivity index is 2.02. The topological polar surface area (TPSA) is 41.6 Å². The average Bonchev–Trinajstić information content (AvgIpc) is 2.68. The summed E-state index contributed by atoms with van der Waals surface area (Å²) in [5.41, 5.74) is 0. The van der Waals surface area contributed by atoms with Crippen molar-refractivity contribution in [3.8, 4) is 0 Å². The molecule has 1 amide bonds. The highest BCUT2D eigenvalue weighted by Gasteiger charge is 2.41. The predicted octanol–water partition coefficient (Wildman–Crippen LogP) is 2.24. The first-order chi connectivity index (χ1) is 9.49. The highest BCUT2D eigenvalue weighted by molar-refractivity contribution is 5.84. The zero-order valence-corrected chi connectivity index (χ0v) is 13.4. The van der Waals surface area contributed by atoms with Crippen LogP contribution >= 0.6 is 0 Å². The molecule has 2 saturated heterocycles. The minimum atomic E-state index is -0.00131. The molecule has 4 nitrogen and oxygen atoms in total. The van der Waals surface area contributed by atoms with Crippen molar-refractivity contribution in [3.05, 3.63) is 0 Å². The van der Waals surface area contributed by atoms with E-state index < -0.39 is 0 Å². The molecule has 0 radical (unpaired) electrons. The smallest absolute Gasteiger partial charge is 0.241 e. The summed E-state index contributed by atoms with van der Waals surface area (Å²) in [6.07, 6.45) is 3.44. The van der Waals surface area contributed by atoms with Gasteiger partial charge in [-0.3, -0.25) is 10.1 Å². The Morgan fingerprint density at radius 2 is 1.90 bits per heavy atom. The first-order valence-corrected chi connectivity index (χ1v) is 8.13. The Bertz CT molecular complexity index is 324. The first-order valence-electron chi connectivity index (χ1n) is 8.13. The van der Waals surface area contributed by atoms with Gasteiger partial charge in [-0.05, 0) is 37.0 Å². The van der Waals surface area contributed by atoms with Crippen LogP contribution in [0.25, 0.3) is 0 Å². The molecular weight excluding hydrogens is 252 g/mol. The molecular formula is C16H30N2O2. The van der Waals surface area contributed by atoms with Crippen LogP contribution in [0.1, 0.15) is 47.0 Å². The van der Waals surface area contributed by atoms with Gasteiger partial charge in [-0.2, -0.15) is 0 Å². The van der Waals surface area contributed by atoms with Gasteiger partial charge in [0.1, 0.15) is 0 Å². The highest BCUT2D eigenvalue weighted by atomic mass is 16.5. The van der Waals surface area contributed by atoms with E-state index in [0.29, 0.717) is 23.7 Å². The van der Waals surface area contributed by atoms with Crippen molar-refractivity contribution in [2.24, 2.45) is 17.8 Å². The molecule has 2 aliphatic rings. The Morgan fingerprint density at radius 1 is 1.25 bits per heavy atom. The van der Waals surface area contributed by atoms with Gasteiger partial charge in [0.05, 0.1) is 12.2 Å². The lowest BCUT2D eigenvalue weighted by Crippen LogP contribution is -2.42. The van der Waals surface area contributed by atoms with Crippen molar-refractivity contribution < 1.29 is 9.53 Å². The molecule has 2 heterocycles. The van der Waals surface area contributed by atoms with Gasteiger partial charge in [0.15, 0.2) is 0 Å². The summed E-state index contributed by atoms with van der Waals surface area (Å²) in [5.74, 6) is 1.87. The summed E-state index contributed by atoms with van der Waals surface area (Å²) in [5, 5.41) is 3.56. The number of carbonyl (C=O) groups is 1. The third-order valence-corrected chi connectivity index (χ3v) is 4.45. The standard InChI is InChI=1S/C16H30N2O2/c1-11(2)9-14-17-15(12(3)4)16(19)18(14)10-13-5-7-20-8-6-13/h11-15,17H,5-10H2,1-4H3. The number of nitrogens with zero attached hydrogens (tertiary/aromatic N) is 1. The molecule has 1 N–H and O–H groups in total. The van der Waals surface area contributed by atoms with E-state index in [1.54, 1.807) is 0 Å². The molecule has 4 heteroatoms. The van der Waals surface area contributed by atoms with Crippen molar-refractivity contribution in [1.29, 1.82) is 0 Å². The zero-order chi connectivity index (χ0) is 14.7. The zero-order valence-electron chi connectivity index (χ0n) is 13.4. The summed E-state index contributed by atoms with van der Waals surface area (Å²) >= 11 is 0. The minimum absolute atomic E-state index is 0.00131. The van der Waals surface area contributed by atoms with Gasteiger partial charge in [0.25, 0.3) is 0 Å². The second kappa shape index (κ2) is 6.90. The van der Waals surface area contributed by atoms with Crippen LogP contribution < -0.4 is 5.32 Å². The van der Waals surface area contributed by atoms with E-state index in [2.05, 4.69) is 37.9 Å². The number of carbonyl (C=O) groups excluding carboxylic acids is 1. The molecule has 2 atom stereocenters. The van der Waals surface area contributed by atoms with Gasteiger partial charge in [-0.1, -0.05) is 27.7 Å². The lowest BCUT2D eigenvalue weighted by atomic mass is 9.98. The Labute approximate surface area is 123 Å². The molecule has 2 fully saturated rings. The molecule has 0 aromatic heterocycles. The van der Waals surface area contributed by atoms with Crippen LogP contribution in [0.5, 0.6) is 0 Å². The van der Waals surface area contributed by atoms with Crippen LogP contribution in [0.4, 0.5) is 0 Å². The summed E-state index contributed by atoms with van der Waals surface area (Å²) < 4.78 is 5.42. The first kappa shape index (κ1) is 15.8. The summed E-state index contributed by atoms with van der Waals surface area (Å²) in [6.45, 7) is 11.3. The SMILES string of the molecule is CC(C)CC1NC(C(C)C)C(=O)N1CC1CCOCC1. The van der Waals surface area contributed by atoms with Gasteiger partial charge in [0.2, 0.25) is 5.91 Å². The van der Waals surface area contributed by atoms with Crippen molar-refractivity contribution in [1.82, 2.24) is 10.2 Å². The fourth-order valence-electron chi connectivity index (χ4n) is 3.24. The second-order valence-electron chi connectivity index (χ2n) is 7.08. The largest absolute Gasteiger partial charge is 0.381 e. The maximum atomic E-state index is 12.6. The van der Waals surface area contributed by atoms with Crippen molar-refractivity contribution in [2.75, 3.05) is 19.8 Å². The van der Waals surface area contributed by atoms with Crippen LogP contribution in [0, 0.1) is 17.8 Å². The van der Waals surface area contributed by atoms with Crippen LogP contribution in [0.3, 0.4) is 0 Å². The molecule has 0 aromatic carbocycles. The fourth-order valence-corrected chi connectivity index (χ4v) is 3.24. The monoisotopic (exact) mass is 282 g/mol. The third kappa shape index (κ3) is 3.73. The number of nitrogens with one attached hydrogen (secondary N) is 1. The molecule has 0 aromatic rings. The van der Waals surface area contributed by atoms with E-state index in [0.717, 1.165) is 39.0 Å². The van der Waals surface area contributed by atoms with Crippen molar-refractivity contribution >= 4 is 5.91 Å². The molecule has 2 aliphatic heterocycles. The average molecular weight is 282 g/mol. The number of rotatable bonds is 5. The quantitative estimate of drug-likeness (QED) is 0.841. The van der Waals surface area contributed by atoms with Crippen LogP contribution in [0.15, 0.2) is 0 Å². The number of amides is 1. The molecule has 116 valence electrons. The summed E-state index contributed by atoms with van der Waals surface area (Å²) in [7, 11) is 0. The molecule has 2 unspecified atom stereocenters. The molecule has 2 rings (SSSR count). The molecule has 0 bridgehead atoms. The Kier molecular flexibility index (Phi) is 5.44. The van der Waals surface area contributed by atoms with E-state index in [-0.39, 0.29) is 12.2 Å². The number of hydrogen-bond donors (Lipinski definition) is 1. The summed E-state index contributed by atoms with van der Waals surface area (Å²) in [4.78, 5) is 14.8. The van der Waals surface area contributed by atoms with Crippen molar-refractivity contribution in [2.45, 2.75) is 59.2 Å².